The first-order valence-corrected chi connectivity index (χ1v) is 11.9. The third-order valence-corrected chi connectivity index (χ3v) is 8.67. The Balaban J connectivity index is 1.30. The van der Waals surface area contributed by atoms with Gasteiger partial charge in [0.15, 0.2) is 0 Å². The molecule has 8 heteroatoms. The zero-order valence-corrected chi connectivity index (χ0v) is 16.4. The summed E-state index contributed by atoms with van der Waals surface area (Å²) in [6.07, 6.45) is 9.07. The number of rotatable bonds is 4. The first-order valence-electron chi connectivity index (χ1n) is 10.0. The summed E-state index contributed by atoms with van der Waals surface area (Å²) in [6.45, 7) is 1.42. The van der Waals surface area contributed by atoms with E-state index in [0.29, 0.717) is 31.5 Å². The molecule has 26 heavy (non-hydrogen) atoms. The number of hydrogen-bond acceptors (Lipinski definition) is 4. The van der Waals surface area contributed by atoms with Crippen LogP contribution in [0.5, 0.6) is 0 Å². The van der Waals surface area contributed by atoms with Crippen LogP contribution in [0.2, 0.25) is 0 Å². The lowest BCUT2D eigenvalue weighted by molar-refractivity contribution is -0.0530. The van der Waals surface area contributed by atoms with E-state index in [1.807, 2.05) is 0 Å². The number of urea groups is 1. The van der Waals surface area contributed by atoms with Crippen LogP contribution in [0.3, 0.4) is 0 Å². The van der Waals surface area contributed by atoms with Gasteiger partial charge in [-0.2, -0.15) is 0 Å². The van der Waals surface area contributed by atoms with E-state index in [4.69, 9.17) is 5.73 Å². The Hall–Kier alpha value is -0.860. The van der Waals surface area contributed by atoms with Crippen LogP contribution in [0, 0.1) is 23.7 Å². The molecule has 5 aliphatic rings. The Bertz CT molecular complexity index is 637. The van der Waals surface area contributed by atoms with E-state index in [-0.39, 0.29) is 17.6 Å². The normalized spacial score (nSPS) is 42.6. The van der Waals surface area contributed by atoms with E-state index in [9.17, 15) is 13.2 Å². The molecule has 4 bridgehead atoms. The Morgan fingerprint density at radius 1 is 1.15 bits per heavy atom. The summed E-state index contributed by atoms with van der Waals surface area (Å²) in [5.74, 6) is 2.78. The van der Waals surface area contributed by atoms with E-state index < -0.39 is 10.0 Å². The lowest BCUT2D eigenvalue weighted by Gasteiger charge is -2.59. The predicted octanol–water partition coefficient (Wildman–Crippen LogP) is 0.863. The van der Waals surface area contributed by atoms with Crippen molar-refractivity contribution in [1.82, 2.24) is 14.9 Å². The molecule has 1 aliphatic heterocycles. The number of amides is 2. The van der Waals surface area contributed by atoms with E-state index in [1.54, 1.807) is 0 Å². The number of nitrogens with one attached hydrogen (secondary N) is 2. The molecule has 0 radical (unpaired) electrons. The smallest absolute Gasteiger partial charge is 0.315 e. The molecule has 1 saturated heterocycles. The van der Waals surface area contributed by atoms with Crippen molar-refractivity contribution in [2.45, 2.75) is 56.5 Å². The number of piperidine rings is 1. The largest absolute Gasteiger partial charge is 0.336 e. The van der Waals surface area contributed by atoms with Gasteiger partial charge < -0.3 is 16.4 Å². The third kappa shape index (κ3) is 3.47. The molecule has 7 nitrogen and oxygen atoms in total. The molecule has 1 heterocycles. The Labute approximate surface area is 156 Å². The summed E-state index contributed by atoms with van der Waals surface area (Å²) >= 11 is 0. The van der Waals surface area contributed by atoms with Gasteiger partial charge in [-0.25, -0.2) is 17.5 Å². The Morgan fingerprint density at radius 3 is 2.35 bits per heavy atom. The maximum atomic E-state index is 12.4. The summed E-state index contributed by atoms with van der Waals surface area (Å²) in [7, 11) is -3.20. The zero-order valence-electron chi connectivity index (χ0n) is 15.6. The van der Waals surface area contributed by atoms with Gasteiger partial charge in [0, 0.05) is 31.2 Å². The van der Waals surface area contributed by atoms with Crippen LogP contribution >= 0.6 is 0 Å². The summed E-state index contributed by atoms with van der Waals surface area (Å²) in [6, 6.07) is -0.352. The van der Waals surface area contributed by atoms with Crippen LogP contribution in [0.25, 0.3) is 0 Å². The zero-order chi connectivity index (χ0) is 18.5. The average Bonchev–Trinajstić information content (AvgIpc) is 2.57. The second-order valence-corrected chi connectivity index (χ2v) is 11.2. The van der Waals surface area contributed by atoms with Crippen molar-refractivity contribution in [3.63, 3.8) is 0 Å². The fraction of sp³-hybridized carbons (Fsp3) is 0.944. The molecule has 0 spiro atoms. The number of nitrogens with zero attached hydrogens (tertiary/aromatic N) is 1. The first kappa shape index (κ1) is 18.5. The van der Waals surface area contributed by atoms with Gasteiger partial charge in [0.25, 0.3) is 0 Å². The molecule has 0 aromatic rings. The van der Waals surface area contributed by atoms with Gasteiger partial charge in [-0.3, -0.25) is 0 Å². The van der Waals surface area contributed by atoms with Gasteiger partial charge in [0.1, 0.15) is 0 Å². The molecule has 5 rings (SSSR count). The molecule has 1 unspecified atom stereocenters. The van der Waals surface area contributed by atoms with E-state index >= 15 is 0 Å². The van der Waals surface area contributed by atoms with Crippen LogP contribution in [0.1, 0.15) is 44.9 Å². The average molecular weight is 385 g/mol. The van der Waals surface area contributed by atoms with E-state index in [1.165, 1.54) is 42.7 Å². The highest BCUT2D eigenvalue weighted by Crippen LogP contribution is 2.57. The fourth-order valence-corrected chi connectivity index (χ4v) is 7.09. The summed E-state index contributed by atoms with van der Waals surface area (Å²) in [4.78, 5) is 12.4. The van der Waals surface area contributed by atoms with Crippen molar-refractivity contribution >= 4 is 16.1 Å². The van der Waals surface area contributed by atoms with Gasteiger partial charge in [0.05, 0.1) is 6.26 Å². The van der Waals surface area contributed by atoms with Gasteiger partial charge in [0.2, 0.25) is 10.0 Å². The van der Waals surface area contributed by atoms with Gasteiger partial charge in [-0.05, 0) is 68.6 Å². The predicted molar refractivity (Wildman–Crippen MR) is 99.9 cm³/mol. The molecular formula is C18H32N4O3S. The highest BCUT2D eigenvalue weighted by atomic mass is 32.2. The maximum absolute atomic E-state index is 12.4. The summed E-state index contributed by atoms with van der Waals surface area (Å²) < 4.78 is 24.9. The molecule has 148 valence electrons. The molecular weight excluding hydrogens is 352 g/mol. The van der Waals surface area contributed by atoms with Crippen molar-refractivity contribution in [1.29, 1.82) is 0 Å². The fourth-order valence-electron chi connectivity index (χ4n) is 6.18. The lowest BCUT2D eigenvalue weighted by atomic mass is 9.49. The number of nitrogens with two attached hydrogens (primary N) is 1. The molecule has 2 amide bonds. The van der Waals surface area contributed by atoms with Crippen LogP contribution in [-0.2, 0) is 10.0 Å². The van der Waals surface area contributed by atoms with Crippen LogP contribution in [0.15, 0.2) is 0 Å². The van der Waals surface area contributed by atoms with E-state index in [0.717, 1.165) is 24.7 Å². The standard InChI is InChI=1S/C18H32N4O3S/c1-26(24,25)22-4-2-3-16(10-22)21-17(23)20-11-18(19)14-6-12-5-13(8-14)9-15(18)7-12/h12-16H,2-11,19H2,1H3,(H2,20,21,23). The molecule has 5 fully saturated rings. The second kappa shape index (κ2) is 6.63. The maximum Gasteiger partial charge on any atom is 0.315 e. The Morgan fingerprint density at radius 2 is 1.77 bits per heavy atom. The van der Waals surface area contributed by atoms with E-state index in [2.05, 4.69) is 10.6 Å². The van der Waals surface area contributed by atoms with Crippen molar-refractivity contribution in [3.8, 4) is 0 Å². The molecule has 0 aromatic heterocycles. The highest BCUT2D eigenvalue weighted by Gasteiger charge is 2.55. The monoisotopic (exact) mass is 384 g/mol. The number of sulfonamides is 1. The van der Waals surface area contributed by atoms with Gasteiger partial charge in [-0.1, -0.05) is 0 Å². The minimum atomic E-state index is -3.20. The second-order valence-electron chi connectivity index (χ2n) is 9.20. The van der Waals surface area contributed by atoms with Crippen LogP contribution < -0.4 is 16.4 Å². The van der Waals surface area contributed by atoms with Crippen molar-refractivity contribution < 1.29 is 13.2 Å². The number of carbonyl (C=O) groups is 1. The minimum absolute atomic E-state index is 0.134. The topological polar surface area (TPSA) is 105 Å². The molecule has 4 N–H and O–H groups in total. The van der Waals surface area contributed by atoms with Crippen molar-refractivity contribution in [2.24, 2.45) is 29.4 Å². The minimum Gasteiger partial charge on any atom is -0.336 e. The van der Waals surface area contributed by atoms with Gasteiger partial charge in [-0.15, -0.1) is 0 Å². The molecule has 1 atom stereocenters. The summed E-state index contributed by atoms with van der Waals surface area (Å²) in [5.41, 5.74) is 6.55. The lowest BCUT2D eigenvalue weighted by Crippen LogP contribution is -2.67. The highest BCUT2D eigenvalue weighted by molar-refractivity contribution is 7.88. The molecule has 4 saturated carbocycles. The first-order chi connectivity index (χ1) is 12.2. The summed E-state index contributed by atoms with van der Waals surface area (Å²) in [5, 5.41) is 5.96. The van der Waals surface area contributed by atoms with Crippen LogP contribution in [0.4, 0.5) is 4.79 Å². The van der Waals surface area contributed by atoms with Crippen molar-refractivity contribution in [2.75, 3.05) is 25.9 Å². The van der Waals surface area contributed by atoms with Crippen LogP contribution in [-0.4, -0.2) is 56.2 Å². The van der Waals surface area contributed by atoms with Gasteiger partial charge >= 0.3 is 6.03 Å². The SMILES string of the molecule is CS(=O)(=O)N1CCCC(NC(=O)NCC2(N)C3CC4CC(C3)CC2C4)C1. The number of hydrogen-bond donors (Lipinski definition) is 3. The quantitative estimate of drug-likeness (QED) is 0.669. The molecule has 0 aromatic carbocycles. The van der Waals surface area contributed by atoms with Crippen molar-refractivity contribution in [3.05, 3.63) is 0 Å². The third-order valence-electron chi connectivity index (χ3n) is 7.40. The molecule has 4 aliphatic carbocycles. The number of carbonyl (C=O) groups excluding carboxylic acids is 1. The Kier molecular flexibility index (Phi) is 4.72.